The lowest BCUT2D eigenvalue weighted by atomic mass is 10.0. The van der Waals surface area contributed by atoms with Crippen LogP contribution in [0, 0.1) is 0 Å². The summed E-state index contributed by atoms with van der Waals surface area (Å²) in [6.45, 7) is 1.42. The number of piperidine rings is 1. The van der Waals surface area contributed by atoms with Crippen LogP contribution in [0.5, 0.6) is 17.2 Å². The van der Waals surface area contributed by atoms with Crippen molar-refractivity contribution in [1.29, 1.82) is 0 Å². The number of hydrogen-bond acceptors (Lipinski definition) is 5. The van der Waals surface area contributed by atoms with Gasteiger partial charge in [-0.05, 0) is 43.2 Å². The van der Waals surface area contributed by atoms with Crippen molar-refractivity contribution in [2.24, 2.45) is 0 Å². The number of nitrogens with one attached hydrogen (secondary N) is 1. The topological polar surface area (TPSA) is 60.0 Å². The Kier molecular flexibility index (Phi) is 6.06. The highest BCUT2D eigenvalue weighted by atomic mass is 16.5. The number of ether oxygens (including phenoxy) is 3. The molecular weight excluding hydrogens is 344 g/mol. The van der Waals surface area contributed by atoms with E-state index in [0.717, 1.165) is 25.1 Å². The molecule has 2 aromatic carbocycles. The maximum atomic E-state index is 12.9. The first-order valence-electron chi connectivity index (χ1n) is 9.06. The lowest BCUT2D eigenvalue weighted by Gasteiger charge is -2.34. The third-order valence-electron chi connectivity index (χ3n) is 4.78. The van der Waals surface area contributed by atoms with E-state index in [2.05, 4.69) is 5.32 Å². The average Bonchev–Trinajstić information content (AvgIpc) is 2.73. The SMILES string of the molecule is COc1cccc(C(=O)N2CCC[C@H](Nc3ccc(OC)c(OC)c3)C2)c1. The number of carbonyl (C=O) groups excluding carboxylic acids is 1. The van der Waals surface area contributed by atoms with E-state index in [1.807, 2.05) is 41.3 Å². The predicted octanol–water partition coefficient (Wildman–Crippen LogP) is 3.43. The second-order valence-corrected chi connectivity index (χ2v) is 6.54. The Balaban J connectivity index is 1.68. The number of benzene rings is 2. The van der Waals surface area contributed by atoms with Crippen molar-refractivity contribution in [2.75, 3.05) is 39.7 Å². The van der Waals surface area contributed by atoms with Crippen molar-refractivity contribution >= 4 is 11.6 Å². The summed E-state index contributed by atoms with van der Waals surface area (Å²) in [7, 11) is 4.85. The Morgan fingerprint density at radius 2 is 1.85 bits per heavy atom. The largest absolute Gasteiger partial charge is 0.497 e. The van der Waals surface area contributed by atoms with Crippen molar-refractivity contribution in [3.05, 3.63) is 48.0 Å². The maximum absolute atomic E-state index is 12.9. The van der Waals surface area contributed by atoms with Gasteiger partial charge in [0.05, 0.1) is 21.3 Å². The molecule has 1 aliphatic rings. The Hall–Kier alpha value is -2.89. The summed E-state index contributed by atoms with van der Waals surface area (Å²) in [5.41, 5.74) is 1.61. The molecule has 0 unspecified atom stereocenters. The summed E-state index contributed by atoms with van der Waals surface area (Å²) >= 11 is 0. The number of nitrogens with zero attached hydrogens (tertiary/aromatic N) is 1. The highest BCUT2D eigenvalue weighted by Gasteiger charge is 2.25. The van der Waals surface area contributed by atoms with Gasteiger partial charge in [-0.1, -0.05) is 6.07 Å². The van der Waals surface area contributed by atoms with Crippen LogP contribution in [-0.4, -0.2) is 51.3 Å². The number of methoxy groups -OCH3 is 3. The van der Waals surface area contributed by atoms with Gasteiger partial charge in [0.2, 0.25) is 0 Å². The normalized spacial score (nSPS) is 16.6. The molecule has 1 fully saturated rings. The lowest BCUT2D eigenvalue weighted by Crippen LogP contribution is -2.45. The minimum absolute atomic E-state index is 0.0349. The molecule has 1 aliphatic heterocycles. The van der Waals surface area contributed by atoms with Crippen LogP contribution in [-0.2, 0) is 0 Å². The molecule has 0 aliphatic carbocycles. The molecule has 0 saturated carbocycles. The number of anilines is 1. The summed E-state index contributed by atoms with van der Waals surface area (Å²) in [5.74, 6) is 2.11. The van der Waals surface area contributed by atoms with Crippen LogP contribution in [0.4, 0.5) is 5.69 Å². The molecule has 3 rings (SSSR count). The van der Waals surface area contributed by atoms with Crippen LogP contribution in [0.1, 0.15) is 23.2 Å². The summed E-state index contributed by atoms with van der Waals surface area (Å²) in [6, 6.07) is 13.2. The number of rotatable bonds is 6. The van der Waals surface area contributed by atoms with Gasteiger partial charge in [0, 0.05) is 36.4 Å². The van der Waals surface area contributed by atoms with Gasteiger partial charge in [0.25, 0.3) is 5.91 Å². The summed E-state index contributed by atoms with van der Waals surface area (Å²) in [6.07, 6.45) is 1.97. The molecule has 144 valence electrons. The smallest absolute Gasteiger partial charge is 0.254 e. The third kappa shape index (κ3) is 4.45. The van der Waals surface area contributed by atoms with E-state index in [9.17, 15) is 4.79 Å². The molecule has 2 aromatic rings. The molecule has 0 bridgehead atoms. The Morgan fingerprint density at radius 3 is 2.59 bits per heavy atom. The fourth-order valence-corrected chi connectivity index (χ4v) is 3.38. The van der Waals surface area contributed by atoms with Crippen molar-refractivity contribution in [3.8, 4) is 17.2 Å². The molecular formula is C21H26N2O4. The molecule has 1 atom stereocenters. The van der Waals surface area contributed by atoms with Gasteiger partial charge >= 0.3 is 0 Å². The number of likely N-dealkylation sites (tertiary alicyclic amines) is 1. The van der Waals surface area contributed by atoms with E-state index in [1.165, 1.54) is 0 Å². The zero-order valence-electron chi connectivity index (χ0n) is 16.0. The third-order valence-corrected chi connectivity index (χ3v) is 4.78. The van der Waals surface area contributed by atoms with Gasteiger partial charge in [-0.15, -0.1) is 0 Å². The predicted molar refractivity (Wildman–Crippen MR) is 105 cm³/mol. The second-order valence-electron chi connectivity index (χ2n) is 6.54. The summed E-state index contributed by atoms with van der Waals surface area (Å²) in [5, 5.41) is 3.51. The Morgan fingerprint density at radius 1 is 1.04 bits per heavy atom. The van der Waals surface area contributed by atoms with Gasteiger partial charge in [-0.3, -0.25) is 4.79 Å². The monoisotopic (exact) mass is 370 g/mol. The van der Waals surface area contributed by atoms with Gasteiger partial charge in [0.15, 0.2) is 11.5 Å². The molecule has 6 nitrogen and oxygen atoms in total. The molecule has 1 saturated heterocycles. The van der Waals surface area contributed by atoms with Crippen LogP contribution in [0.25, 0.3) is 0 Å². The molecule has 1 heterocycles. The fourth-order valence-electron chi connectivity index (χ4n) is 3.38. The first kappa shape index (κ1) is 18.9. The van der Waals surface area contributed by atoms with Crippen LogP contribution < -0.4 is 19.5 Å². The number of hydrogen-bond donors (Lipinski definition) is 1. The van der Waals surface area contributed by atoms with Gasteiger partial charge in [0.1, 0.15) is 5.75 Å². The van der Waals surface area contributed by atoms with Crippen molar-refractivity contribution in [3.63, 3.8) is 0 Å². The average molecular weight is 370 g/mol. The number of amides is 1. The van der Waals surface area contributed by atoms with Crippen LogP contribution in [0.2, 0.25) is 0 Å². The highest BCUT2D eigenvalue weighted by molar-refractivity contribution is 5.94. The van der Waals surface area contributed by atoms with E-state index in [-0.39, 0.29) is 11.9 Å². The van der Waals surface area contributed by atoms with Crippen LogP contribution in [0.15, 0.2) is 42.5 Å². The van der Waals surface area contributed by atoms with Gasteiger partial charge in [-0.2, -0.15) is 0 Å². The van der Waals surface area contributed by atoms with Gasteiger partial charge < -0.3 is 24.4 Å². The van der Waals surface area contributed by atoms with E-state index in [1.54, 1.807) is 27.4 Å². The quantitative estimate of drug-likeness (QED) is 0.844. The minimum Gasteiger partial charge on any atom is -0.497 e. The molecule has 0 aromatic heterocycles. The lowest BCUT2D eigenvalue weighted by molar-refractivity contribution is 0.0714. The molecule has 6 heteroatoms. The second kappa shape index (κ2) is 8.66. The van der Waals surface area contributed by atoms with E-state index >= 15 is 0 Å². The van der Waals surface area contributed by atoms with Crippen molar-refractivity contribution in [2.45, 2.75) is 18.9 Å². The van der Waals surface area contributed by atoms with Crippen molar-refractivity contribution < 1.29 is 19.0 Å². The molecule has 27 heavy (non-hydrogen) atoms. The van der Waals surface area contributed by atoms with Crippen LogP contribution in [0.3, 0.4) is 0 Å². The molecule has 0 spiro atoms. The zero-order valence-corrected chi connectivity index (χ0v) is 16.0. The van der Waals surface area contributed by atoms with E-state index < -0.39 is 0 Å². The van der Waals surface area contributed by atoms with Gasteiger partial charge in [-0.25, -0.2) is 0 Å². The number of carbonyl (C=O) groups is 1. The van der Waals surface area contributed by atoms with E-state index in [0.29, 0.717) is 29.4 Å². The fraction of sp³-hybridized carbons (Fsp3) is 0.381. The van der Waals surface area contributed by atoms with E-state index in [4.69, 9.17) is 14.2 Å². The minimum atomic E-state index is 0.0349. The summed E-state index contributed by atoms with van der Waals surface area (Å²) in [4.78, 5) is 14.8. The standard InChI is InChI=1S/C21H26N2O4/c1-25-18-8-4-6-15(12-18)21(24)23-11-5-7-17(14-23)22-16-9-10-19(26-2)20(13-16)27-3/h4,6,8-10,12-13,17,22H,5,7,11,14H2,1-3H3/t17-/m0/s1. The van der Waals surface area contributed by atoms with Crippen molar-refractivity contribution in [1.82, 2.24) is 4.90 Å². The zero-order chi connectivity index (χ0) is 19.2. The maximum Gasteiger partial charge on any atom is 0.254 e. The Bertz CT molecular complexity index is 794. The highest BCUT2D eigenvalue weighted by Crippen LogP contribution is 2.30. The molecule has 1 N–H and O–H groups in total. The Labute approximate surface area is 160 Å². The van der Waals surface area contributed by atoms with Crippen LogP contribution >= 0.6 is 0 Å². The first-order chi connectivity index (χ1) is 13.1. The first-order valence-corrected chi connectivity index (χ1v) is 9.06. The molecule has 1 amide bonds. The molecule has 0 radical (unpaired) electrons. The summed E-state index contributed by atoms with van der Waals surface area (Å²) < 4.78 is 15.9.